The molecule has 0 aliphatic heterocycles. The van der Waals surface area contributed by atoms with Crippen LogP contribution in [0.1, 0.15) is 21.5 Å². The number of nitro benzene ring substituents is 1. The average molecular weight is 270 g/mol. The first-order valence-electron chi connectivity index (χ1n) is 6.11. The topological polar surface area (TPSA) is 72.2 Å². The third-order valence-corrected chi connectivity index (χ3v) is 3.09. The maximum atomic E-state index is 12.1. The van der Waals surface area contributed by atoms with Gasteiger partial charge in [-0.15, -0.1) is 0 Å². The average Bonchev–Trinajstić information content (AvgIpc) is 2.43. The molecule has 20 heavy (non-hydrogen) atoms. The number of hydrogen-bond acceptors (Lipinski definition) is 3. The Hall–Kier alpha value is -2.69. The zero-order chi connectivity index (χ0) is 14.7. The summed E-state index contributed by atoms with van der Waals surface area (Å²) in [5.74, 6) is -0.364. The third-order valence-electron chi connectivity index (χ3n) is 3.09. The van der Waals surface area contributed by atoms with Gasteiger partial charge in [0.1, 0.15) is 5.69 Å². The fraction of sp³-hybridized carbons (Fsp3) is 0.133. The van der Waals surface area contributed by atoms with Gasteiger partial charge >= 0.3 is 0 Å². The van der Waals surface area contributed by atoms with E-state index in [1.165, 1.54) is 6.07 Å². The maximum absolute atomic E-state index is 12.1. The monoisotopic (exact) mass is 270 g/mol. The van der Waals surface area contributed by atoms with Gasteiger partial charge in [0.05, 0.1) is 4.92 Å². The van der Waals surface area contributed by atoms with Crippen molar-refractivity contribution in [3.63, 3.8) is 0 Å². The summed E-state index contributed by atoms with van der Waals surface area (Å²) in [5, 5.41) is 13.7. The zero-order valence-electron chi connectivity index (χ0n) is 11.2. The molecule has 0 aliphatic rings. The van der Waals surface area contributed by atoms with Gasteiger partial charge in [-0.05, 0) is 43.2 Å². The number of hydrogen-bond donors (Lipinski definition) is 1. The summed E-state index contributed by atoms with van der Waals surface area (Å²) in [6, 6.07) is 11.7. The van der Waals surface area contributed by atoms with Crippen molar-refractivity contribution in [2.45, 2.75) is 13.8 Å². The van der Waals surface area contributed by atoms with Crippen molar-refractivity contribution in [2.24, 2.45) is 0 Å². The second-order valence-electron chi connectivity index (χ2n) is 4.53. The standard InChI is InChI=1S/C15H14N2O3/c1-10-8-13(14(17(19)20)9-11(10)2)16-15(18)12-6-4-3-5-7-12/h3-9H,1-2H3,(H,16,18). The highest BCUT2D eigenvalue weighted by atomic mass is 16.6. The Labute approximate surface area is 116 Å². The molecule has 0 spiro atoms. The molecule has 0 bridgehead atoms. The second kappa shape index (κ2) is 5.52. The molecule has 5 heteroatoms. The van der Waals surface area contributed by atoms with Gasteiger partial charge in [0.2, 0.25) is 0 Å². The van der Waals surface area contributed by atoms with Crippen LogP contribution < -0.4 is 5.32 Å². The number of amides is 1. The number of aryl methyl sites for hydroxylation is 2. The molecular weight excluding hydrogens is 256 g/mol. The molecule has 2 rings (SSSR count). The van der Waals surface area contributed by atoms with Crippen LogP contribution in [0.4, 0.5) is 11.4 Å². The second-order valence-corrected chi connectivity index (χ2v) is 4.53. The Morgan fingerprint density at radius 1 is 1.10 bits per heavy atom. The molecule has 1 amide bonds. The summed E-state index contributed by atoms with van der Waals surface area (Å²) in [6.45, 7) is 3.64. The van der Waals surface area contributed by atoms with Gasteiger partial charge in [0, 0.05) is 11.6 Å². The van der Waals surface area contributed by atoms with E-state index in [2.05, 4.69) is 5.32 Å². The van der Waals surface area contributed by atoms with E-state index in [0.29, 0.717) is 5.56 Å². The minimum absolute atomic E-state index is 0.0996. The molecule has 0 fully saturated rings. The fourth-order valence-corrected chi connectivity index (χ4v) is 1.84. The molecule has 2 aromatic rings. The van der Waals surface area contributed by atoms with Gasteiger partial charge in [-0.25, -0.2) is 0 Å². The number of carbonyl (C=O) groups is 1. The molecule has 0 aliphatic carbocycles. The van der Waals surface area contributed by atoms with Crippen molar-refractivity contribution in [1.29, 1.82) is 0 Å². The molecule has 0 unspecified atom stereocenters. The predicted octanol–water partition coefficient (Wildman–Crippen LogP) is 3.46. The zero-order valence-corrected chi connectivity index (χ0v) is 11.2. The highest BCUT2D eigenvalue weighted by molar-refractivity contribution is 6.05. The number of benzene rings is 2. The van der Waals surface area contributed by atoms with Crippen LogP contribution in [0.25, 0.3) is 0 Å². The normalized spacial score (nSPS) is 10.1. The van der Waals surface area contributed by atoms with E-state index < -0.39 is 4.92 Å². The summed E-state index contributed by atoms with van der Waals surface area (Å²) >= 11 is 0. The Kier molecular flexibility index (Phi) is 3.79. The van der Waals surface area contributed by atoms with Gasteiger partial charge in [-0.1, -0.05) is 18.2 Å². The van der Waals surface area contributed by atoms with Crippen LogP contribution in [-0.2, 0) is 0 Å². The van der Waals surface area contributed by atoms with Crippen molar-refractivity contribution in [3.8, 4) is 0 Å². The van der Waals surface area contributed by atoms with Gasteiger partial charge in [-0.3, -0.25) is 14.9 Å². The quantitative estimate of drug-likeness (QED) is 0.685. The van der Waals surface area contributed by atoms with Crippen LogP contribution in [0.2, 0.25) is 0 Å². The molecule has 0 saturated heterocycles. The lowest BCUT2D eigenvalue weighted by Gasteiger charge is -2.08. The molecule has 5 nitrogen and oxygen atoms in total. The Morgan fingerprint density at radius 2 is 1.70 bits per heavy atom. The Balaban J connectivity index is 2.36. The molecule has 0 saturated carbocycles. The highest BCUT2D eigenvalue weighted by Crippen LogP contribution is 2.28. The van der Waals surface area contributed by atoms with Crippen molar-refractivity contribution in [2.75, 3.05) is 5.32 Å². The van der Waals surface area contributed by atoms with E-state index in [-0.39, 0.29) is 17.3 Å². The number of anilines is 1. The van der Waals surface area contributed by atoms with Crippen LogP contribution in [0, 0.1) is 24.0 Å². The Morgan fingerprint density at radius 3 is 2.30 bits per heavy atom. The molecule has 0 aromatic heterocycles. The van der Waals surface area contributed by atoms with Crippen molar-refractivity contribution < 1.29 is 9.72 Å². The van der Waals surface area contributed by atoms with Crippen LogP contribution in [0.5, 0.6) is 0 Å². The minimum Gasteiger partial charge on any atom is -0.316 e. The van der Waals surface area contributed by atoms with E-state index in [4.69, 9.17) is 0 Å². The molecule has 0 atom stereocenters. The van der Waals surface area contributed by atoms with Gasteiger partial charge in [0.25, 0.3) is 11.6 Å². The smallest absolute Gasteiger partial charge is 0.293 e. The predicted molar refractivity (Wildman–Crippen MR) is 77.0 cm³/mol. The molecule has 2 aromatic carbocycles. The van der Waals surface area contributed by atoms with Gasteiger partial charge < -0.3 is 5.32 Å². The molecule has 1 N–H and O–H groups in total. The summed E-state index contributed by atoms with van der Waals surface area (Å²) in [7, 11) is 0. The lowest BCUT2D eigenvalue weighted by Crippen LogP contribution is -2.13. The summed E-state index contributed by atoms with van der Waals surface area (Å²) in [6.07, 6.45) is 0. The van der Waals surface area contributed by atoms with E-state index >= 15 is 0 Å². The Bertz CT molecular complexity index is 666. The number of nitrogens with one attached hydrogen (secondary N) is 1. The van der Waals surface area contributed by atoms with Crippen molar-refractivity contribution >= 4 is 17.3 Å². The summed E-state index contributed by atoms with van der Waals surface area (Å²) in [4.78, 5) is 22.6. The van der Waals surface area contributed by atoms with Gasteiger partial charge in [-0.2, -0.15) is 0 Å². The maximum Gasteiger partial charge on any atom is 0.293 e. The largest absolute Gasteiger partial charge is 0.316 e. The van der Waals surface area contributed by atoms with E-state index in [0.717, 1.165) is 11.1 Å². The summed E-state index contributed by atoms with van der Waals surface area (Å²) in [5.41, 5.74) is 2.28. The number of rotatable bonds is 3. The number of nitrogens with zero attached hydrogens (tertiary/aromatic N) is 1. The third kappa shape index (κ3) is 2.83. The van der Waals surface area contributed by atoms with E-state index in [1.54, 1.807) is 43.3 Å². The SMILES string of the molecule is Cc1cc(NC(=O)c2ccccc2)c([N+](=O)[O-])cc1C. The van der Waals surface area contributed by atoms with Crippen molar-refractivity contribution in [1.82, 2.24) is 0 Å². The number of carbonyl (C=O) groups excluding carboxylic acids is 1. The van der Waals surface area contributed by atoms with E-state index in [1.807, 2.05) is 6.92 Å². The minimum atomic E-state index is -0.493. The van der Waals surface area contributed by atoms with Crippen molar-refractivity contribution in [3.05, 3.63) is 69.3 Å². The lowest BCUT2D eigenvalue weighted by molar-refractivity contribution is -0.384. The molecule has 102 valence electrons. The molecule has 0 radical (unpaired) electrons. The van der Waals surface area contributed by atoms with Crippen LogP contribution in [-0.4, -0.2) is 10.8 Å². The van der Waals surface area contributed by atoms with Crippen LogP contribution in [0.15, 0.2) is 42.5 Å². The van der Waals surface area contributed by atoms with Crippen LogP contribution >= 0.6 is 0 Å². The van der Waals surface area contributed by atoms with Crippen LogP contribution in [0.3, 0.4) is 0 Å². The summed E-state index contributed by atoms with van der Waals surface area (Å²) < 4.78 is 0. The lowest BCUT2D eigenvalue weighted by atomic mass is 10.1. The molecular formula is C15H14N2O3. The first-order valence-corrected chi connectivity index (χ1v) is 6.11. The molecule has 0 heterocycles. The van der Waals surface area contributed by atoms with Gasteiger partial charge in [0.15, 0.2) is 0 Å². The first-order chi connectivity index (χ1) is 9.49. The van der Waals surface area contributed by atoms with E-state index in [9.17, 15) is 14.9 Å². The fourth-order valence-electron chi connectivity index (χ4n) is 1.84. The highest BCUT2D eigenvalue weighted by Gasteiger charge is 2.18. The first kappa shape index (κ1) is 13.7. The number of nitro groups is 1.